The van der Waals surface area contributed by atoms with Crippen molar-refractivity contribution in [2.45, 2.75) is 149 Å². The Balaban J connectivity index is 4.05. The Bertz CT molecular complexity index is 338. The van der Waals surface area contributed by atoms with Gasteiger partial charge in [-0.15, -0.1) is 0 Å². The van der Waals surface area contributed by atoms with Gasteiger partial charge in [0.2, 0.25) is 0 Å². The normalized spacial score (nSPS) is 12.4. The number of allylic oxidation sites excluding steroid dienone is 6. The van der Waals surface area contributed by atoms with Gasteiger partial charge in [0, 0.05) is 0 Å². The van der Waals surface area contributed by atoms with Crippen LogP contribution in [0.15, 0.2) is 36.5 Å². The van der Waals surface area contributed by atoms with Crippen molar-refractivity contribution in [3.63, 3.8) is 0 Å². The second kappa shape index (κ2) is 27.3. The van der Waals surface area contributed by atoms with Crippen LogP contribution in [-0.2, 0) is 0 Å². The highest BCUT2D eigenvalue weighted by Gasteiger charge is 2.07. The second-order valence-corrected chi connectivity index (χ2v) is 9.34. The summed E-state index contributed by atoms with van der Waals surface area (Å²) in [7, 11) is 0. The maximum atomic E-state index is 2.65. The van der Waals surface area contributed by atoms with Gasteiger partial charge in [-0.1, -0.05) is 95.8 Å². The minimum atomic E-state index is 0.815. The first kappa shape index (κ1) is 30.2. The first-order valence-electron chi connectivity index (χ1n) is 14.1. The highest BCUT2D eigenvalue weighted by molar-refractivity contribution is 4.88. The molecule has 0 saturated heterocycles. The lowest BCUT2D eigenvalue weighted by atomic mass is 9.90. The van der Waals surface area contributed by atoms with Crippen molar-refractivity contribution in [3.8, 4) is 0 Å². The van der Waals surface area contributed by atoms with Crippen LogP contribution >= 0.6 is 0 Å². The minimum absolute atomic E-state index is 0.815. The van der Waals surface area contributed by atoms with Gasteiger partial charge in [0.1, 0.15) is 0 Å². The van der Waals surface area contributed by atoms with Gasteiger partial charge >= 0.3 is 0 Å². The van der Waals surface area contributed by atoms with E-state index in [0.717, 1.165) is 5.92 Å². The average Bonchev–Trinajstić information content (AvgIpc) is 2.78. The first-order valence-corrected chi connectivity index (χ1v) is 14.1. The molecule has 0 spiro atoms. The maximum Gasteiger partial charge on any atom is -0.0348 e. The van der Waals surface area contributed by atoms with E-state index >= 15 is 0 Å². The molecule has 0 aliphatic rings. The van der Waals surface area contributed by atoms with E-state index in [9.17, 15) is 0 Å². The lowest BCUT2D eigenvalue weighted by Crippen LogP contribution is -2.01. The summed E-state index contributed by atoms with van der Waals surface area (Å²) >= 11 is 0. The molecular weight excluding hydrogens is 372 g/mol. The summed E-state index contributed by atoms with van der Waals surface area (Å²) in [5.41, 5.74) is 0. The summed E-state index contributed by atoms with van der Waals surface area (Å²) in [4.78, 5) is 0. The fourth-order valence-electron chi connectivity index (χ4n) is 4.05. The molecule has 0 bridgehead atoms. The number of hydrogen-bond acceptors (Lipinski definition) is 0. The van der Waals surface area contributed by atoms with Gasteiger partial charge in [0.25, 0.3) is 0 Å². The molecule has 1 radical (unpaired) electrons. The van der Waals surface area contributed by atoms with E-state index in [1.165, 1.54) is 128 Å². The van der Waals surface area contributed by atoms with Crippen molar-refractivity contribution in [2.24, 2.45) is 5.92 Å². The van der Waals surface area contributed by atoms with Gasteiger partial charge in [-0.05, 0) is 102 Å². The highest BCUT2D eigenvalue weighted by atomic mass is 14.1. The van der Waals surface area contributed by atoms with Crippen molar-refractivity contribution < 1.29 is 0 Å². The summed E-state index contributed by atoms with van der Waals surface area (Å²) in [5, 5.41) is 0. The molecule has 0 aliphatic carbocycles. The van der Waals surface area contributed by atoms with Gasteiger partial charge in [0.05, 0.1) is 0 Å². The Kier molecular flexibility index (Phi) is 26.6. The third-order valence-corrected chi connectivity index (χ3v) is 6.15. The molecule has 0 heterocycles. The Morgan fingerprint density at radius 3 is 1.13 bits per heavy atom. The Morgan fingerprint density at radius 2 is 0.742 bits per heavy atom. The SMILES string of the molecule is CCCCCC=CCCCC([CH]CC/C=C\CCCCC)CCC/C=C\CCCCC. The molecule has 0 aliphatic heterocycles. The molecule has 0 aromatic carbocycles. The molecule has 1 atom stereocenters. The van der Waals surface area contributed by atoms with E-state index in [2.05, 4.69) is 63.6 Å². The first-order chi connectivity index (χ1) is 15.3. The van der Waals surface area contributed by atoms with E-state index in [1.807, 2.05) is 0 Å². The fourth-order valence-corrected chi connectivity index (χ4v) is 4.05. The van der Waals surface area contributed by atoms with Crippen LogP contribution in [0.3, 0.4) is 0 Å². The van der Waals surface area contributed by atoms with E-state index in [4.69, 9.17) is 0 Å². The second-order valence-electron chi connectivity index (χ2n) is 9.34. The van der Waals surface area contributed by atoms with Crippen LogP contribution in [-0.4, -0.2) is 0 Å². The summed E-state index contributed by atoms with van der Waals surface area (Å²) in [6.07, 6.45) is 43.7. The molecule has 31 heavy (non-hydrogen) atoms. The molecule has 0 amide bonds. The van der Waals surface area contributed by atoms with E-state index < -0.39 is 0 Å². The largest absolute Gasteiger partial charge is 0.0885 e. The molecule has 0 heteroatoms. The van der Waals surface area contributed by atoms with E-state index in [0.29, 0.717) is 0 Å². The van der Waals surface area contributed by atoms with Crippen molar-refractivity contribution in [1.82, 2.24) is 0 Å². The van der Waals surface area contributed by atoms with Crippen molar-refractivity contribution >= 4 is 0 Å². The van der Waals surface area contributed by atoms with Gasteiger partial charge < -0.3 is 0 Å². The maximum absolute atomic E-state index is 2.65. The zero-order valence-corrected chi connectivity index (χ0v) is 21.8. The summed E-state index contributed by atoms with van der Waals surface area (Å²) < 4.78 is 0. The van der Waals surface area contributed by atoms with Crippen LogP contribution in [0.4, 0.5) is 0 Å². The summed E-state index contributed by atoms with van der Waals surface area (Å²) in [6, 6.07) is 0. The highest BCUT2D eigenvalue weighted by Crippen LogP contribution is 2.22. The van der Waals surface area contributed by atoms with E-state index in [-0.39, 0.29) is 0 Å². The lowest BCUT2D eigenvalue weighted by Gasteiger charge is -2.15. The lowest BCUT2D eigenvalue weighted by molar-refractivity contribution is 0.467. The molecule has 0 saturated carbocycles. The van der Waals surface area contributed by atoms with Gasteiger partial charge in [-0.3, -0.25) is 0 Å². The molecule has 181 valence electrons. The Morgan fingerprint density at radius 1 is 0.387 bits per heavy atom. The van der Waals surface area contributed by atoms with Crippen molar-refractivity contribution in [1.29, 1.82) is 0 Å². The minimum Gasteiger partial charge on any atom is -0.0885 e. The monoisotopic (exact) mass is 429 g/mol. The average molecular weight is 430 g/mol. The Labute approximate surface area is 198 Å². The van der Waals surface area contributed by atoms with Crippen LogP contribution < -0.4 is 0 Å². The van der Waals surface area contributed by atoms with Gasteiger partial charge in [-0.2, -0.15) is 0 Å². The molecule has 0 aromatic heterocycles. The molecule has 0 nitrogen and oxygen atoms in total. The third-order valence-electron chi connectivity index (χ3n) is 6.15. The van der Waals surface area contributed by atoms with Crippen LogP contribution in [0.25, 0.3) is 0 Å². The molecule has 0 rings (SSSR count). The summed E-state index contributed by atoms with van der Waals surface area (Å²) in [5.74, 6) is 0.815. The quantitative estimate of drug-likeness (QED) is 0.106. The van der Waals surface area contributed by atoms with Crippen LogP contribution in [0.2, 0.25) is 0 Å². The standard InChI is InChI=1S/C31H57/c1-4-7-10-13-16-19-22-25-28-31(29-26-23-20-17-14-11-8-5-2)30-27-24-21-18-15-12-9-6-3/h16-21,28,31H,4-15,22-27,29-30H2,1-3H3/b19-16-,20-17-,21-18?. The van der Waals surface area contributed by atoms with Crippen LogP contribution in [0, 0.1) is 12.3 Å². The predicted molar refractivity (Wildman–Crippen MR) is 145 cm³/mol. The number of hydrogen-bond donors (Lipinski definition) is 0. The van der Waals surface area contributed by atoms with Gasteiger partial charge in [-0.25, -0.2) is 0 Å². The van der Waals surface area contributed by atoms with Crippen LogP contribution in [0.1, 0.15) is 149 Å². The number of unbranched alkanes of at least 4 members (excludes halogenated alkanes) is 12. The zero-order chi connectivity index (χ0) is 22.7. The smallest absolute Gasteiger partial charge is 0.0348 e. The molecule has 1 unspecified atom stereocenters. The topological polar surface area (TPSA) is 0 Å². The van der Waals surface area contributed by atoms with Crippen LogP contribution in [0.5, 0.6) is 0 Å². The van der Waals surface area contributed by atoms with Crippen molar-refractivity contribution in [3.05, 3.63) is 42.9 Å². The van der Waals surface area contributed by atoms with Crippen molar-refractivity contribution in [2.75, 3.05) is 0 Å². The predicted octanol–water partition coefficient (Wildman–Crippen LogP) is 11.3. The van der Waals surface area contributed by atoms with E-state index in [1.54, 1.807) is 0 Å². The van der Waals surface area contributed by atoms with Gasteiger partial charge in [0.15, 0.2) is 0 Å². The molecular formula is C31H57. The third kappa shape index (κ3) is 25.4. The fraction of sp³-hybridized carbons (Fsp3) is 0.774. The molecule has 0 fully saturated rings. The zero-order valence-electron chi connectivity index (χ0n) is 21.8. The molecule has 0 aromatic rings. The Hall–Kier alpha value is -0.780. The molecule has 0 N–H and O–H groups in total. The summed E-state index contributed by atoms with van der Waals surface area (Å²) in [6.45, 7) is 6.85. The number of rotatable bonds is 24.